The van der Waals surface area contributed by atoms with Gasteiger partial charge in [0.25, 0.3) is 11.8 Å². The first kappa shape index (κ1) is 28.2. The van der Waals surface area contributed by atoms with Crippen LogP contribution in [-0.2, 0) is 16.1 Å². The van der Waals surface area contributed by atoms with Crippen LogP contribution in [0, 0.1) is 30.4 Å². The summed E-state index contributed by atoms with van der Waals surface area (Å²) in [5, 5.41) is 8.96. The van der Waals surface area contributed by atoms with Gasteiger partial charge in [0.05, 0.1) is 23.8 Å². The Morgan fingerprint density at radius 2 is 1.77 bits per heavy atom. The van der Waals surface area contributed by atoms with Gasteiger partial charge in [-0.25, -0.2) is 13.8 Å². The summed E-state index contributed by atoms with van der Waals surface area (Å²) in [5.74, 6) is 3.62. The Bertz CT molecular complexity index is 1710. The van der Waals surface area contributed by atoms with E-state index in [0.717, 1.165) is 45.5 Å². The lowest BCUT2D eigenvalue weighted by Gasteiger charge is -2.12. The molecule has 0 radical (unpaired) electrons. The highest BCUT2D eigenvalue weighted by atomic mass is 19.2. The van der Waals surface area contributed by atoms with Gasteiger partial charge in [0.15, 0.2) is 11.6 Å². The fourth-order valence-electron chi connectivity index (χ4n) is 4.45. The highest BCUT2D eigenvalue weighted by Crippen LogP contribution is 2.28. The van der Waals surface area contributed by atoms with E-state index >= 15 is 0 Å². The van der Waals surface area contributed by atoms with Gasteiger partial charge in [0, 0.05) is 36.3 Å². The fraction of sp³-hybridized carbons (Fsp3) is 0.267. The number of carbonyl (C=O) groups excluding carboxylic acids is 2. The maximum atomic E-state index is 13.5. The van der Waals surface area contributed by atoms with Crippen molar-refractivity contribution in [1.29, 1.82) is 0 Å². The van der Waals surface area contributed by atoms with Crippen molar-refractivity contribution >= 4 is 33.8 Å². The average molecular weight is 545 g/mol. The number of halogens is 2. The molecule has 2 amide bonds. The van der Waals surface area contributed by atoms with Crippen molar-refractivity contribution in [2.24, 2.45) is 0 Å². The number of carbonyl (C=O) groups is 2. The Morgan fingerprint density at radius 1 is 1.02 bits per heavy atom. The van der Waals surface area contributed by atoms with Crippen LogP contribution in [0.1, 0.15) is 43.8 Å². The van der Waals surface area contributed by atoms with Gasteiger partial charge < -0.3 is 20.5 Å². The number of allylic oxidation sites excluding steroid dienone is 1. The molecular formula is C30H30F2N6O2. The van der Waals surface area contributed by atoms with Crippen LogP contribution in [0.25, 0.3) is 21.9 Å². The lowest BCUT2D eigenvalue weighted by molar-refractivity contribution is -0.123. The zero-order valence-corrected chi connectivity index (χ0v) is 22.9. The van der Waals surface area contributed by atoms with Crippen LogP contribution in [0.5, 0.6) is 0 Å². The second-order valence-corrected chi connectivity index (χ2v) is 9.51. The van der Waals surface area contributed by atoms with Gasteiger partial charge >= 0.3 is 0 Å². The Kier molecular flexibility index (Phi) is 8.43. The van der Waals surface area contributed by atoms with E-state index in [1.54, 1.807) is 20.2 Å². The first-order valence-corrected chi connectivity index (χ1v) is 12.8. The third-order valence-electron chi connectivity index (χ3n) is 6.42. The predicted octanol–water partition coefficient (Wildman–Crippen LogP) is 4.03. The van der Waals surface area contributed by atoms with E-state index in [0.29, 0.717) is 11.3 Å². The van der Waals surface area contributed by atoms with E-state index in [9.17, 15) is 18.4 Å². The van der Waals surface area contributed by atoms with Crippen molar-refractivity contribution in [2.75, 3.05) is 13.6 Å². The maximum Gasteiger partial charge on any atom is 0.259 e. The lowest BCUT2D eigenvalue weighted by atomic mass is 10.1. The second kappa shape index (κ2) is 11.9. The summed E-state index contributed by atoms with van der Waals surface area (Å²) in [4.78, 5) is 34.8. The zero-order valence-electron chi connectivity index (χ0n) is 22.9. The third kappa shape index (κ3) is 5.94. The number of imidazole rings is 1. The molecule has 0 aliphatic carbocycles. The number of fused-ring (bicyclic) bond motifs is 3. The van der Waals surface area contributed by atoms with E-state index in [1.807, 2.05) is 25.1 Å². The molecule has 2 aromatic carbocycles. The number of aryl methyl sites for hydroxylation is 1. The molecule has 0 fully saturated rings. The molecule has 4 aromatic rings. The minimum absolute atomic E-state index is 0.000691. The number of nitrogens with one attached hydrogen (secondary N) is 3. The quantitative estimate of drug-likeness (QED) is 0.141. The number of benzene rings is 2. The summed E-state index contributed by atoms with van der Waals surface area (Å²) >= 11 is 0. The highest BCUT2D eigenvalue weighted by molar-refractivity contribution is 6.19. The van der Waals surface area contributed by atoms with Crippen LogP contribution in [0.15, 0.2) is 53.9 Å². The molecular weight excluding hydrogens is 514 g/mol. The van der Waals surface area contributed by atoms with Crippen LogP contribution in [0.2, 0.25) is 0 Å². The van der Waals surface area contributed by atoms with Gasteiger partial charge in [-0.2, -0.15) is 0 Å². The van der Waals surface area contributed by atoms with Gasteiger partial charge in [-0.1, -0.05) is 17.9 Å². The predicted molar refractivity (Wildman–Crippen MR) is 150 cm³/mol. The third-order valence-corrected chi connectivity index (χ3v) is 6.42. The molecule has 10 heteroatoms. The Balaban J connectivity index is 1.48. The number of hydrogen-bond donors (Lipinski definition) is 3. The molecule has 2 heterocycles. The molecule has 2 aromatic heterocycles. The molecule has 0 aliphatic rings. The first-order valence-electron chi connectivity index (χ1n) is 12.8. The summed E-state index contributed by atoms with van der Waals surface area (Å²) in [6, 6.07) is 9.27. The van der Waals surface area contributed by atoms with Crippen molar-refractivity contribution in [2.45, 2.75) is 40.3 Å². The van der Waals surface area contributed by atoms with Crippen molar-refractivity contribution in [3.63, 3.8) is 0 Å². The van der Waals surface area contributed by atoms with E-state index in [-0.39, 0.29) is 24.7 Å². The van der Waals surface area contributed by atoms with Crippen molar-refractivity contribution in [3.05, 3.63) is 82.5 Å². The Labute approximate surface area is 230 Å². The Morgan fingerprint density at radius 3 is 2.48 bits per heavy atom. The molecule has 3 N–H and O–H groups in total. The van der Waals surface area contributed by atoms with Crippen LogP contribution in [-0.4, -0.2) is 39.9 Å². The van der Waals surface area contributed by atoms with Crippen LogP contribution in [0.4, 0.5) is 8.78 Å². The molecule has 206 valence electrons. The van der Waals surface area contributed by atoms with E-state index in [4.69, 9.17) is 0 Å². The lowest BCUT2D eigenvalue weighted by Crippen LogP contribution is -2.36. The monoisotopic (exact) mass is 544 g/mol. The minimum atomic E-state index is -1.02. The van der Waals surface area contributed by atoms with Crippen molar-refractivity contribution in [3.8, 4) is 11.8 Å². The molecule has 8 nitrogen and oxygen atoms in total. The van der Waals surface area contributed by atoms with Gasteiger partial charge in [0.1, 0.15) is 16.9 Å². The van der Waals surface area contributed by atoms with Gasteiger partial charge in [-0.3, -0.25) is 14.6 Å². The summed E-state index contributed by atoms with van der Waals surface area (Å²) in [5.41, 5.74) is 3.96. The number of hydrogen-bond acceptors (Lipinski definition) is 5. The number of pyridine rings is 1. The van der Waals surface area contributed by atoms with Gasteiger partial charge in [-0.15, -0.1) is 0 Å². The largest absolute Gasteiger partial charge is 0.391 e. The van der Waals surface area contributed by atoms with Crippen LogP contribution in [0.3, 0.4) is 0 Å². The van der Waals surface area contributed by atoms with Crippen molar-refractivity contribution < 1.29 is 18.4 Å². The number of aromatic nitrogens is 3. The van der Waals surface area contributed by atoms with E-state index < -0.39 is 23.4 Å². The minimum Gasteiger partial charge on any atom is -0.391 e. The topological polar surface area (TPSA) is 101 Å². The molecule has 0 unspecified atom stereocenters. The number of rotatable bonds is 7. The molecule has 40 heavy (non-hydrogen) atoms. The smallest absolute Gasteiger partial charge is 0.259 e. The second-order valence-electron chi connectivity index (χ2n) is 9.51. The van der Waals surface area contributed by atoms with E-state index in [2.05, 4.69) is 56.2 Å². The summed E-state index contributed by atoms with van der Waals surface area (Å²) in [6.07, 6.45) is 1.77. The number of nitrogens with zero attached hydrogens (tertiary/aromatic N) is 3. The zero-order chi connectivity index (χ0) is 29.0. The SMILES string of the molecule is CN/C(C)=C(/C(=O)NCC#Cc1ccc2ncc3nc(C)n(C(C)C)c3c2c1)C(=O)NCc1ccc(F)c(F)c1. The molecule has 0 saturated heterocycles. The summed E-state index contributed by atoms with van der Waals surface area (Å²) < 4.78 is 28.8. The molecule has 4 rings (SSSR count). The normalized spacial score (nSPS) is 11.7. The molecule has 0 saturated carbocycles. The first-order chi connectivity index (χ1) is 19.1. The van der Waals surface area contributed by atoms with Gasteiger partial charge in [0.2, 0.25) is 0 Å². The van der Waals surface area contributed by atoms with Gasteiger partial charge in [-0.05, 0) is 63.6 Å². The standard InChI is InChI=1S/C30H30F2N6O2/c1-17(2)38-19(4)37-26-16-35-25-11-9-20(13-22(25)28(26)38)7-6-12-34-29(39)27(18(3)33-5)30(40)36-15-21-8-10-23(31)24(32)14-21/h8-11,13-14,16-17,33H,12,15H2,1-5H3,(H,34,39)(H,36,40)/b27-18-. The molecule has 0 bridgehead atoms. The number of amides is 2. The molecule has 0 spiro atoms. The van der Waals surface area contributed by atoms with Crippen LogP contribution < -0.4 is 16.0 Å². The summed E-state index contributed by atoms with van der Waals surface area (Å²) in [7, 11) is 1.59. The maximum absolute atomic E-state index is 13.5. The fourth-order valence-corrected chi connectivity index (χ4v) is 4.45. The van der Waals surface area contributed by atoms with Crippen LogP contribution >= 0.6 is 0 Å². The van der Waals surface area contributed by atoms with Crippen molar-refractivity contribution in [1.82, 2.24) is 30.5 Å². The highest BCUT2D eigenvalue weighted by Gasteiger charge is 2.21. The van der Waals surface area contributed by atoms with E-state index in [1.165, 1.54) is 6.07 Å². The Hall–Kier alpha value is -4.78. The summed E-state index contributed by atoms with van der Waals surface area (Å²) in [6.45, 7) is 7.69. The molecule has 0 aliphatic heterocycles. The average Bonchev–Trinajstić information content (AvgIpc) is 3.28. The molecule has 0 atom stereocenters.